The maximum absolute atomic E-state index is 9.80. The van der Waals surface area contributed by atoms with E-state index in [1.807, 2.05) is 13.8 Å². The number of nitrogens with zero attached hydrogens (tertiary/aromatic N) is 1. The number of isocyanates is 1. The van der Waals surface area contributed by atoms with Gasteiger partial charge in [0.05, 0.1) is 19.8 Å². The second-order valence-corrected chi connectivity index (χ2v) is 4.01. The standard InChI is InChI=1S/C8H16NO5Si/c1-3-11-13-15(14-12-4-2)7-5-6-9-8-10/h3-7H2,1-2H3. The van der Waals surface area contributed by atoms with Crippen LogP contribution in [0.5, 0.6) is 0 Å². The summed E-state index contributed by atoms with van der Waals surface area (Å²) in [5.74, 6) is 0. The fraction of sp³-hybridized carbons (Fsp3) is 0.875. The average Bonchev–Trinajstić information content (AvgIpc) is 2.27. The van der Waals surface area contributed by atoms with Gasteiger partial charge in [-0.25, -0.2) is 28.7 Å². The van der Waals surface area contributed by atoms with E-state index in [0.717, 1.165) is 0 Å². The third-order valence-electron chi connectivity index (χ3n) is 1.25. The SMILES string of the molecule is CCOO[Si](CCCN=C=O)OOCC. The summed E-state index contributed by atoms with van der Waals surface area (Å²) < 4.78 is 9.98. The van der Waals surface area contributed by atoms with Gasteiger partial charge >= 0.3 is 9.28 Å². The van der Waals surface area contributed by atoms with Gasteiger partial charge < -0.3 is 0 Å². The lowest BCUT2D eigenvalue weighted by molar-refractivity contribution is -0.279. The Balaban J connectivity index is 3.62. The van der Waals surface area contributed by atoms with Crippen molar-refractivity contribution in [2.45, 2.75) is 26.3 Å². The van der Waals surface area contributed by atoms with Gasteiger partial charge in [0.15, 0.2) is 0 Å². The molecule has 0 spiro atoms. The first-order valence-corrected chi connectivity index (χ1v) is 6.35. The molecule has 0 fully saturated rings. The predicted molar refractivity (Wildman–Crippen MR) is 53.6 cm³/mol. The van der Waals surface area contributed by atoms with Crippen molar-refractivity contribution in [2.24, 2.45) is 4.99 Å². The van der Waals surface area contributed by atoms with E-state index < -0.39 is 9.28 Å². The molecule has 0 atom stereocenters. The van der Waals surface area contributed by atoms with Gasteiger partial charge in [0.2, 0.25) is 6.08 Å². The van der Waals surface area contributed by atoms with Crippen molar-refractivity contribution in [1.29, 1.82) is 0 Å². The summed E-state index contributed by atoms with van der Waals surface area (Å²) in [5.41, 5.74) is 0. The lowest BCUT2D eigenvalue weighted by Crippen LogP contribution is -2.23. The van der Waals surface area contributed by atoms with E-state index >= 15 is 0 Å². The predicted octanol–water partition coefficient (Wildman–Crippen LogP) is 1.14. The monoisotopic (exact) mass is 234 g/mol. The minimum absolute atomic E-state index is 0.419. The first kappa shape index (κ1) is 14.4. The van der Waals surface area contributed by atoms with Crippen molar-refractivity contribution in [2.75, 3.05) is 19.8 Å². The summed E-state index contributed by atoms with van der Waals surface area (Å²) >= 11 is 0. The number of hydrogen-bond acceptors (Lipinski definition) is 6. The molecule has 0 bridgehead atoms. The van der Waals surface area contributed by atoms with Gasteiger partial charge in [-0.3, -0.25) is 0 Å². The molecule has 0 aliphatic rings. The Kier molecular flexibility index (Phi) is 11.1. The van der Waals surface area contributed by atoms with Crippen LogP contribution in [0.25, 0.3) is 0 Å². The van der Waals surface area contributed by atoms with Crippen LogP contribution in [0, 0.1) is 0 Å². The molecule has 0 aromatic heterocycles. The van der Waals surface area contributed by atoms with E-state index in [1.54, 1.807) is 0 Å². The molecule has 0 saturated carbocycles. The summed E-state index contributed by atoms with van der Waals surface area (Å²) in [5, 5.41) is 0. The van der Waals surface area contributed by atoms with Crippen LogP contribution in [0.1, 0.15) is 20.3 Å². The van der Waals surface area contributed by atoms with Gasteiger partial charge in [0, 0.05) is 0 Å². The lowest BCUT2D eigenvalue weighted by Gasteiger charge is -2.11. The number of rotatable bonds is 10. The highest BCUT2D eigenvalue weighted by molar-refractivity contribution is 6.43. The van der Waals surface area contributed by atoms with Gasteiger partial charge in [-0.05, 0) is 26.3 Å². The molecule has 7 heteroatoms. The lowest BCUT2D eigenvalue weighted by atomic mass is 10.5. The molecule has 6 nitrogen and oxygen atoms in total. The zero-order valence-electron chi connectivity index (χ0n) is 9.02. The topological polar surface area (TPSA) is 66.4 Å². The van der Waals surface area contributed by atoms with Gasteiger partial charge in [-0.1, -0.05) is 0 Å². The molecule has 0 unspecified atom stereocenters. The first-order valence-electron chi connectivity index (χ1n) is 4.83. The highest BCUT2D eigenvalue weighted by Crippen LogP contribution is 2.03. The second kappa shape index (κ2) is 11.5. The van der Waals surface area contributed by atoms with Crippen LogP contribution in [0.4, 0.5) is 0 Å². The van der Waals surface area contributed by atoms with Crippen LogP contribution in [-0.4, -0.2) is 35.1 Å². The molecule has 0 N–H and O–H groups in total. The van der Waals surface area contributed by atoms with Crippen LogP contribution in [0.15, 0.2) is 4.99 Å². The van der Waals surface area contributed by atoms with Gasteiger partial charge in [-0.2, -0.15) is 0 Å². The molecule has 0 heterocycles. The second-order valence-electron chi connectivity index (χ2n) is 2.43. The number of hydrogen-bond donors (Lipinski definition) is 0. The van der Waals surface area contributed by atoms with Gasteiger partial charge in [0.25, 0.3) is 0 Å². The molecule has 15 heavy (non-hydrogen) atoms. The van der Waals surface area contributed by atoms with E-state index in [2.05, 4.69) is 4.99 Å². The Labute approximate surface area is 90.9 Å². The number of carbonyl (C=O) groups excluding carboxylic acids is 1. The largest absolute Gasteiger partial charge is 0.458 e. The highest BCUT2D eigenvalue weighted by Gasteiger charge is 2.18. The van der Waals surface area contributed by atoms with Crippen LogP contribution in [0.2, 0.25) is 6.04 Å². The average molecular weight is 234 g/mol. The van der Waals surface area contributed by atoms with Crippen LogP contribution < -0.4 is 0 Å². The summed E-state index contributed by atoms with van der Waals surface area (Å²) in [4.78, 5) is 22.8. The fourth-order valence-electron chi connectivity index (χ4n) is 0.695. The molecule has 0 aromatic carbocycles. The maximum Gasteiger partial charge on any atom is 0.458 e. The van der Waals surface area contributed by atoms with E-state index in [9.17, 15) is 4.79 Å². The molecular formula is C8H16NO5Si. The smallest absolute Gasteiger partial charge is 0.246 e. The van der Waals surface area contributed by atoms with Crippen molar-refractivity contribution in [3.8, 4) is 0 Å². The van der Waals surface area contributed by atoms with Crippen molar-refractivity contribution in [3.05, 3.63) is 0 Å². The molecule has 0 saturated heterocycles. The Hall–Kier alpha value is -0.563. The van der Waals surface area contributed by atoms with Gasteiger partial charge in [-0.15, -0.1) is 0 Å². The Morgan fingerprint density at radius 3 is 2.27 bits per heavy atom. The van der Waals surface area contributed by atoms with Gasteiger partial charge in [0.1, 0.15) is 0 Å². The molecule has 0 aromatic rings. The minimum Gasteiger partial charge on any atom is -0.246 e. The van der Waals surface area contributed by atoms with Crippen molar-refractivity contribution >= 4 is 15.4 Å². The quantitative estimate of drug-likeness (QED) is 0.142. The molecule has 0 amide bonds. The zero-order chi connectivity index (χ0) is 11.4. The molecular weight excluding hydrogens is 218 g/mol. The van der Waals surface area contributed by atoms with Crippen LogP contribution >= 0.6 is 0 Å². The van der Waals surface area contributed by atoms with E-state index in [0.29, 0.717) is 32.2 Å². The zero-order valence-corrected chi connectivity index (χ0v) is 10.0. The van der Waals surface area contributed by atoms with Crippen molar-refractivity contribution in [3.63, 3.8) is 0 Å². The molecule has 87 valence electrons. The summed E-state index contributed by atoms with van der Waals surface area (Å²) in [6.07, 6.45) is 2.15. The third-order valence-corrected chi connectivity index (χ3v) is 2.62. The van der Waals surface area contributed by atoms with E-state index in [4.69, 9.17) is 18.9 Å². The third kappa shape index (κ3) is 9.73. The van der Waals surface area contributed by atoms with Crippen LogP contribution in [-0.2, 0) is 23.7 Å². The van der Waals surface area contributed by atoms with Crippen molar-refractivity contribution in [1.82, 2.24) is 0 Å². The summed E-state index contributed by atoms with van der Waals surface area (Å²) in [6.45, 7) is 4.96. The molecule has 0 aliphatic carbocycles. The summed E-state index contributed by atoms with van der Waals surface area (Å²) in [6, 6.07) is 0.635. The number of aliphatic imine (C=N–C) groups is 1. The maximum atomic E-state index is 9.80. The highest BCUT2D eigenvalue weighted by atomic mass is 28.3. The van der Waals surface area contributed by atoms with Crippen molar-refractivity contribution < 1.29 is 23.7 Å². The Morgan fingerprint density at radius 2 is 1.80 bits per heavy atom. The summed E-state index contributed by atoms with van der Waals surface area (Å²) in [7, 11) is -1.58. The molecule has 0 aliphatic heterocycles. The van der Waals surface area contributed by atoms with E-state index in [1.165, 1.54) is 6.08 Å². The minimum atomic E-state index is -1.58. The van der Waals surface area contributed by atoms with Crippen LogP contribution in [0.3, 0.4) is 0 Å². The molecule has 0 rings (SSSR count). The first-order chi connectivity index (χ1) is 7.35. The fourth-order valence-corrected chi connectivity index (χ4v) is 1.83. The Bertz CT molecular complexity index is 178. The normalized spacial score (nSPS) is 10.3. The molecule has 1 radical (unpaired) electrons. The Morgan fingerprint density at radius 1 is 1.20 bits per heavy atom. The van der Waals surface area contributed by atoms with E-state index in [-0.39, 0.29) is 0 Å².